The van der Waals surface area contributed by atoms with Gasteiger partial charge in [0.25, 0.3) is 0 Å². The van der Waals surface area contributed by atoms with Gasteiger partial charge in [0.2, 0.25) is 0 Å². The van der Waals surface area contributed by atoms with Gasteiger partial charge in [-0.05, 0) is 0 Å². The minimum Gasteiger partial charge on any atom is -0.457 e. The third-order valence-electron chi connectivity index (χ3n) is 0. The second kappa shape index (κ2) is 284. The SMILES string of the molecule is O=PO.O=PO.[Ni+2].[OH3+].[OH3+].[OH3+].[OH3+].[OH3+].[OH3+]. The Balaban J connectivity index is -0.00000000229. The molecule has 0 aromatic carbocycles. The maximum absolute atomic E-state index is 8.46. The predicted molar refractivity (Wildman–Crippen MR) is 48.9 cm³/mol. The molecule has 0 bridgehead atoms. The zero-order chi connectivity index (χ0) is 5.41. The van der Waals surface area contributed by atoms with Crippen molar-refractivity contribution < 1.29 is 68.3 Å². The van der Waals surface area contributed by atoms with E-state index in [1.165, 1.54) is 0 Å². The maximum atomic E-state index is 8.46. The minimum atomic E-state index is -0.833. The van der Waals surface area contributed by atoms with Crippen LogP contribution in [0.5, 0.6) is 0 Å². The van der Waals surface area contributed by atoms with Crippen LogP contribution in [0.4, 0.5) is 0 Å². The van der Waals surface area contributed by atoms with Crippen molar-refractivity contribution in [2.75, 3.05) is 0 Å². The van der Waals surface area contributed by atoms with Gasteiger partial charge in [0.1, 0.15) is 0 Å². The Labute approximate surface area is 86.3 Å². The summed E-state index contributed by atoms with van der Waals surface area (Å²) in [4.78, 5) is 14.0. The summed E-state index contributed by atoms with van der Waals surface area (Å²) in [6.07, 6.45) is 0. The van der Waals surface area contributed by atoms with Crippen molar-refractivity contribution in [1.29, 1.82) is 0 Å². The Morgan fingerprint density at radius 1 is 0.615 bits per heavy atom. The predicted octanol–water partition coefficient (Wildman–Crippen LogP) is -5.16. The molecular formula is H20NiO10P2+8. The van der Waals surface area contributed by atoms with E-state index >= 15 is 0 Å². The van der Waals surface area contributed by atoms with Gasteiger partial charge in [0.05, 0.1) is 0 Å². The summed E-state index contributed by atoms with van der Waals surface area (Å²) in [5.74, 6) is 0. The molecule has 0 saturated heterocycles. The van der Waals surface area contributed by atoms with E-state index in [0.29, 0.717) is 0 Å². The average molecular weight is 301 g/mol. The fourth-order valence-electron chi connectivity index (χ4n) is 0. The van der Waals surface area contributed by atoms with Crippen LogP contribution in [0, 0.1) is 0 Å². The first-order valence-corrected chi connectivity index (χ1v) is 2.30. The first kappa shape index (κ1) is 107. The standard InChI is InChI=1S/Ni.2HO2P.6H2O/c;2*1-3-2;;;;;;/h;2*(H,1,2);6*1H2/q+2;;;;;;;;/p+6. The molecule has 0 radical (unpaired) electrons. The van der Waals surface area contributed by atoms with E-state index in [4.69, 9.17) is 18.9 Å². The zero-order valence-electron chi connectivity index (χ0n) is 6.39. The molecule has 0 saturated carbocycles. The van der Waals surface area contributed by atoms with Crippen LogP contribution in [0.1, 0.15) is 0 Å². The monoisotopic (exact) mass is 300 g/mol. The van der Waals surface area contributed by atoms with Crippen molar-refractivity contribution in [3.63, 3.8) is 0 Å². The topological polar surface area (TPSA) is 273 Å². The van der Waals surface area contributed by atoms with E-state index in [1.807, 2.05) is 0 Å². The molecule has 20 N–H and O–H groups in total. The van der Waals surface area contributed by atoms with Crippen molar-refractivity contribution in [3.8, 4) is 0 Å². The molecule has 0 heterocycles. The molecule has 0 unspecified atom stereocenters. The van der Waals surface area contributed by atoms with E-state index in [1.54, 1.807) is 0 Å². The molecule has 0 spiro atoms. The molecule has 0 rings (SSSR count). The average Bonchev–Trinajstić information content (AvgIpc) is 1.39. The van der Waals surface area contributed by atoms with Gasteiger partial charge < -0.3 is 42.6 Å². The molecule has 0 amide bonds. The van der Waals surface area contributed by atoms with E-state index < -0.39 is 17.4 Å². The smallest absolute Gasteiger partial charge is 0.457 e. The first-order chi connectivity index (χ1) is 2.83. The summed E-state index contributed by atoms with van der Waals surface area (Å²) in [5, 5.41) is 0. The molecule has 0 aromatic heterocycles. The van der Waals surface area contributed by atoms with E-state index in [2.05, 4.69) is 0 Å². The summed E-state index contributed by atoms with van der Waals surface area (Å²) in [7, 11) is -1.67. The van der Waals surface area contributed by atoms with Gasteiger partial charge >= 0.3 is 33.9 Å². The Bertz CT molecular complexity index is 33.9. The fraction of sp³-hybridized carbons (Fsp3) is 0. The van der Waals surface area contributed by atoms with Crippen LogP contribution < -0.4 is 0 Å². The molecule has 13 heavy (non-hydrogen) atoms. The number of hydrogen-bond acceptors (Lipinski definition) is 2. The second-order valence-corrected chi connectivity index (χ2v) is 0.490. The largest absolute Gasteiger partial charge is 2.00 e. The third-order valence-corrected chi connectivity index (χ3v) is 0. The Kier molecular flexibility index (Phi) is 2340. The third kappa shape index (κ3) is 9540. The van der Waals surface area contributed by atoms with Crippen molar-refractivity contribution in [2.24, 2.45) is 0 Å². The Morgan fingerprint density at radius 2 is 0.615 bits per heavy atom. The summed E-state index contributed by atoms with van der Waals surface area (Å²) in [6.45, 7) is 0. The van der Waals surface area contributed by atoms with Crippen molar-refractivity contribution in [3.05, 3.63) is 0 Å². The van der Waals surface area contributed by atoms with Crippen molar-refractivity contribution in [2.45, 2.75) is 0 Å². The molecule has 0 fully saturated rings. The Hall–Kier alpha value is 0.374. The van der Waals surface area contributed by atoms with Crippen molar-refractivity contribution >= 4 is 17.4 Å². The fourth-order valence-corrected chi connectivity index (χ4v) is 0. The summed E-state index contributed by atoms with van der Waals surface area (Å²) >= 11 is 0. The van der Waals surface area contributed by atoms with Gasteiger partial charge in [0.15, 0.2) is 0 Å². The van der Waals surface area contributed by atoms with Crippen LogP contribution >= 0.6 is 17.4 Å². The summed E-state index contributed by atoms with van der Waals surface area (Å²) < 4.78 is 16.9. The zero-order valence-corrected chi connectivity index (χ0v) is 9.16. The molecule has 0 aromatic rings. The summed E-state index contributed by atoms with van der Waals surface area (Å²) in [6, 6.07) is 0. The molecule has 0 aliphatic rings. The normalized spacial score (nSPS) is 3.23. The van der Waals surface area contributed by atoms with Crippen LogP contribution in [0.2, 0.25) is 0 Å². The van der Waals surface area contributed by atoms with Gasteiger partial charge in [-0.1, -0.05) is 0 Å². The quantitative estimate of drug-likeness (QED) is 0.252. The van der Waals surface area contributed by atoms with Crippen LogP contribution in [0.15, 0.2) is 0 Å². The molecule has 10 nitrogen and oxygen atoms in total. The summed E-state index contributed by atoms with van der Waals surface area (Å²) in [5.41, 5.74) is 0. The van der Waals surface area contributed by atoms with E-state index in [-0.39, 0.29) is 49.3 Å². The maximum Gasteiger partial charge on any atom is 2.00 e. The van der Waals surface area contributed by atoms with E-state index in [0.717, 1.165) is 0 Å². The molecule has 0 atom stereocenters. The van der Waals surface area contributed by atoms with Gasteiger partial charge in [-0.25, -0.2) is 9.13 Å². The van der Waals surface area contributed by atoms with Crippen LogP contribution in [0.25, 0.3) is 0 Å². The molecule has 13 heteroatoms. The molecule has 0 aliphatic carbocycles. The minimum absolute atomic E-state index is 0. The van der Waals surface area contributed by atoms with E-state index in [9.17, 15) is 0 Å². The van der Waals surface area contributed by atoms with Crippen LogP contribution in [-0.4, -0.2) is 9.79 Å². The van der Waals surface area contributed by atoms with Crippen LogP contribution in [-0.2, 0) is 58.5 Å². The van der Waals surface area contributed by atoms with Gasteiger partial charge in [0, 0.05) is 0 Å². The number of hydrogen-bond donors (Lipinski definition) is 2. The molecular weight excluding hydrogens is 281 g/mol. The van der Waals surface area contributed by atoms with Gasteiger partial charge in [-0.15, -0.1) is 0 Å². The Morgan fingerprint density at radius 3 is 0.615 bits per heavy atom. The molecule has 92 valence electrons. The second-order valence-electron chi connectivity index (χ2n) is 0.163. The van der Waals surface area contributed by atoms with Crippen LogP contribution in [0.3, 0.4) is 0 Å². The van der Waals surface area contributed by atoms with Gasteiger partial charge in [-0.2, -0.15) is 0 Å². The molecule has 0 aliphatic heterocycles. The van der Waals surface area contributed by atoms with Gasteiger partial charge in [-0.3, -0.25) is 0 Å². The number of rotatable bonds is 0. The first-order valence-electron chi connectivity index (χ1n) is 0.765. The van der Waals surface area contributed by atoms with Crippen molar-refractivity contribution in [1.82, 2.24) is 0 Å².